The van der Waals surface area contributed by atoms with E-state index in [1.54, 1.807) is 18.5 Å². The molecule has 0 fully saturated rings. The highest BCUT2D eigenvalue weighted by Crippen LogP contribution is 2.24. The lowest BCUT2D eigenvalue weighted by atomic mass is 10.0. The van der Waals surface area contributed by atoms with Crippen molar-refractivity contribution in [2.45, 2.75) is 39.5 Å². The molecule has 29 heavy (non-hydrogen) atoms. The summed E-state index contributed by atoms with van der Waals surface area (Å²) in [4.78, 5) is 0. The minimum Gasteiger partial charge on any atom is -0.206 e. The molecule has 2 nitrogen and oxygen atoms in total. The maximum Gasteiger partial charge on any atom is 0.131 e. The van der Waals surface area contributed by atoms with Gasteiger partial charge in [-0.2, -0.15) is 10.2 Å². The third kappa shape index (κ3) is 5.71. The zero-order chi connectivity index (χ0) is 20.5. The molecule has 3 aromatic rings. The van der Waals surface area contributed by atoms with Crippen LogP contribution in [-0.4, -0.2) is 12.4 Å². The highest BCUT2D eigenvalue weighted by molar-refractivity contribution is 5.84. The molecule has 0 atom stereocenters. The Kier molecular flexibility index (Phi) is 7.46. The van der Waals surface area contributed by atoms with Gasteiger partial charge in [0.1, 0.15) is 5.82 Å². The number of unbranched alkanes of at least 4 members (excludes halogenated alkanes) is 1. The number of hydrogen-bond donors (Lipinski definition) is 0. The Morgan fingerprint density at radius 2 is 1.62 bits per heavy atom. The van der Waals surface area contributed by atoms with E-state index in [2.05, 4.69) is 42.2 Å². The van der Waals surface area contributed by atoms with Gasteiger partial charge in [-0.15, -0.1) is 0 Å². The van der Waals surface area contributed by atoms with Crippen LogP contribution < -0.4 is 0 Å². The number of hydrogen-bond acceptors (Lipinski definition) is 2. The Morgan fingerprint density at radius 1 is 0.862 bits per heavy atom. The van der Waals surface area contributed by atoms with Crippen molar-refractivity contribution in [1.29, 1.82) is 0 Å². The number of rotatable bonds is 8. The fourth-order valence-electron chi connectivity index (χ4n) is 3.26. The summed E-state index contributed by atoms with van der Waals surface area (Å²) in [5, 5.41) is 8.19. The lowest BCUT2D eigenvalue weighted by Gasteiger charge is -2.06. The predicted molar refractivity (Wildman–Crippen MR) is 121 cm³/mol. The van der Waals surface area contributed by atoms with E-state index in [1.807, 2.05) is 36.4 Å². The van der Waals surface area contributed by atoms with Crippen LogP contribution in [0.25, 0.3) is 11.1 Å². The average Bonchev–Trinajstić information content (AvgIpc) is 2.76. The van der Waals surface area contributed by atoms with Crippen molar-refractivity contribution in [3.8, 4) is 11.1 Å². The Balaban J connectivity index is 1.69. The van der Waals surface area contributed by atoms with Crippen LogP contribution in [0.2, 0.25) is 0 Å². The summed E-state index contributed by atoms with van der Waals surface area (Å²) < 4.78 is 14.6. The summed E-state index contributed by atoms with van der Waals surface area (Å²) in [5.41, 5.74) is 5.75. The number of nitrogens with zero attached hydrogens (tertiary/aromatic N) is 2. The molecule has 0 amide bonds. The van der Waals surface area contributed by atoms with E-state index in [0.717, 1.165) is 24.0 Å². The largest absolute Gasteiger partial charge is 0.206 e. The van der Waals surface area contributed by atoms with Gasteiger partial charge in [-0.3, -0.25) is 0 Å². The lowest BCUT2D eigenvalue weighted by Crippen LogP contribution is -1.91. The van der Waals surface area contributed by atoms with Gasteiger partial charge in [0, 0.05) is 5.56 Å². The summed E-state index contributed by atoms with van der Waals surface area (Å²) in [5.74, 6) is -0.254. The summed E-state index contributed by atoms with van der Waals surface area (Å²) in [6.45, 7) is 4.29. The molecule has 0 N–H and O–H groups in total. The van der Waals surface area contributed by atoms with E-state index in [4.69, 9.17) is 0 Å². The first-order valence-electron chi connectivity index (χ1n) is 10.2. The lowest BCUT2D eigenvalue weighted by molar-refractivity contribution is 0.631. The fourth-order valence-corrected chi connectivity index (χ4v) is 3.26. The van der Waals surface area contributed by atoms with Crippen LogP contribution in [0.4, 0.5) is 4.39 Å². The predicted octanol–water partition coefficient (Wildman–Crippen LogP) is 6.85. The molecule has 148 valence electrons. The first kappa shape index (κ1) is 20.7. The van der Waals surface area contributed by atoms with E-state index >= 15 is 0 Å². The third-order valence-electron chi connectivity index (χ3n) is 4.98. The second kappa shape index (κ2) is 10.5. The van der Waals surface area contributed by atoms with Gasteiger partial charge in [0.2, 0.25) is 0 Å². The standard InChI is InChI=1S/C26H27FN2/c1-3-5-8-20-11-14-23(15-12-20)25-16-13-21(17-26(25)27)18-28-29-19-24-10-7-6-9-22(24)4-2/h6-7,9-19H,3-5,8H2,1-2H3. The maximum absolute atomic E-state index is 14.6. The van der Waals surface area contributed by atoms with Crippen LogP contribution in [0.15, 0.2) is 76.9 Å². The van der Waals surface area contributed by atoms with Gasteiger partial charge in [0.15, 0.2) is 0 Å². The topological polar surface area (TPSA) is 24.7 Å². The van der Waals surface area contributed by atoms with E-state index in [0.29, 0.717) is 11.1 Å². The highest BCUT2D eigenvalue weighted by atomic mass is 19.1. The molecule has 0 bridgehead atoms. The molecule has 0 saturated heterocycles. The van der Waals surface area contributed by atoms with Crippen molar-refractivity contribution in [1.82, 2.24) is 0 Å². The molecule has 3 rings (SSSR count). The van der Waals surface area contributed by atoms with Crippen molar-refractivity contribution in [3.05, 3.63) is 94.8 Å². The van der Waals surface area contributed by atoms with Gasteiger partial charge < -0.3 is 0 Å². The summed E-state index contributed by atoms with van der Waals surface area (Å²) >= 11 is 0. The molecule has 0 aliphatic heterocycles. The van der Waals surface area contributed by atoms with Crippen molar-refractivity contribution >= 4 is 12.4 Å². The third-order valence-corrected chi connectivity index (χ3v) is 4.98. The van der Waals surface area contributed by atoms with Crippen molar-refractivity contribution < 1.29 is 4.39 Å². The number of benzene rings is 3. The number of aryl methyl sites for hydroxylation is 2. The van der Waals surface area contributed by atoms with Gasteiger partial charge in [-0.05, 0) is 53.1 Å². The molecule has 0 radical (unpaired) electrons. The Labute approximate surface area is 172 Å². The SMILES string of the molecule is CCCCc1ccc(-c2ccc(C=NN=Cc3ccccc3CC)cc2F)cc1. The molecule has 0 aliphatic rings. The van der Waals surface area contributed by atoms with Crippen LogP contribution in [0, 0.1) is 5.82 Å². The van der Waals surface area contributed by atoms with E-state index in [-0.39, 0.29) is 5.82 Å². The van der Waals surface area contributed by atoms with Crippen LogP contribution in [0.1, 0.15) is 48.9 Å². The summed E-state index contributed by atoms with van der Waals surface area (Å²) in [6.07, 6.45) is 7.67. The fraction of sp³-hybridized carbons (Fsp3) is 0.231. The zero-order valence-corrected chi connectivity index (χ0v) is 17.1. The van der Waals surface area contributed by atoms with E-state index < -0.39 is 0 Å². The molecular weight excluding hydrogens is 359 g/mol. The monoisotopic (exact) mass is 386 g/mol. The first-order chi connectivity index (χ1) is 14.2. The molecule has 0 aliphatic carbocycles. The molecule has 0 spiro atoms. The van der Waals surface area contributed by atoms with Gasteiger partial charge in [0.25, 0.3) is 0 Å². The van der Waals surface area contributed by atoms with Crippen LogP contribution >= 0.6 is 0 Å². The van der Waals surface area contributed by atoms with Gasteiger partial charge in [-0.25, -0.2) is 4.39 Å². The second-order valence-corrected chi connectivity index (χ2v) is 7.08. The molecule has 3 aromatic carbocycles. The average molecular weight is 387 g/mol. The summed E-state index contributed by atoms with van der Waals surface area (Å²) in [6, 6.07) is 21.4. The summed E-state index contributed by atoms with van der Waals surface area (Å²) in [7, 11) is 0. The van der Waals surface area contributed by atoms with Gasteiger partial charge >= 0.3 is 0 Å². The normalized spacial score (nSPS) is 11.6. The quantitative estimate of drug-likeness (QED) is 0.299. The van der Waals surface area contributed by atoms with Crippen molar-refractivity contribution in [2.24, 2.45) is 10.2 Å². The second-order valence-electron chi connectivity index (χ2n) is 7.08. The van der Waals surface area contributed by atoms with Crippen molar-refractivity contribution in [2.75, 3.05) is 0 Å². The molecule has 0 aromatic heterocycles. The minimum absolute atomic E-state index is 0.254. The van der Waals surface area contributed by atoms with E-state index in [1.165, 1.54) is 30.0 Å². The molecule has 0 heterocycles. The van der Waals surface area contributed by atoms with Crippen LogP contribution in [-0.2, 0) is 12.8 Å². The minimum atomic E-state index is -0.254. The van der Waals surface area contributed by atoms with E-state index in [9.17, 15) is 4.39 Å². The molecule has 3 heteroatoms. The van der Waals surface area contributed by atoms with Gasteiger partial charge in [0.05, 0.1) is 12.4 Å². The van der Waals surface area contributed by atoms with Crippen LogP contribution in [0.5, 0.6) is 0 Å². The Hall–Kier alpha value is -3.07. The number of halogens is 1. The maximum atomic E-state index is 14.6. The highest BCUT2D eigenvalue weighted by Gasteiger charge is 2.06. The molecule has 0 unspecified atom stereocenters. The first-order valence-corrected chi connectivity index (χ1v) is 10.2. The van der Waals surface area contributed by atoms with Crippen molar-refractivity contribution in [3.63, 3.8) is 0 Å². The Morgan fingerprint density at radius 3 is 2.34 bits per heavy atom. The Bertz CT molecular complexity index is 988. The molecule has 0 saturated carbocycles. The van der Waals surface area contributed by atoms with Crippen LogP contribution in [0.3, 0.4) is 0 Å². The molecular formula is C26H27FN2. The van der Waals surface area contributed by atoms with Gasteiger partial charge in [-0.1, -0.05) is 80.9 Å². The zero-order valence-electron chi connectivity index (χ0n) is 17.1. The smallest absolute Gasteiger partial charge is 0.131 e.